The van der Waals surface area contributed by atoms with Crippen molar-refractivity contribution in [2.24, 2.45) is 0 Å². The first kappa shape index (κ1) is 25.7. The Bertz CT molecular complexity index is 359. The third-order valence-electron chi connectivity index (χ3n) is 6.35. The van der Waals surface area contributed by atoms with E-state index in [4.69, 9.17) is 4.74 Å². The second kappa shape index (κ2) is 17.5. The van der Waals surface area contributed by atoms with Crippen molar-refractivity contribution < 1.29 is 9.53 Å². The van der Waals surface area contributed by atoms with E-state index in [-0.39, 0.29) is 5.60 Å². The van der Waals surface area contributed by atoms with Crippen molar-refractivity contribution in [2.45, 2.75) is 154 Å². The number of hydrogen-bond donors (Lipinski definition) is 0. The molecule has 1 rings (SSSR count). The summed E-state index contributed by atoms with van der Waals surface area (Å²) >= 11 is 0. The smallest absolute Gasteiger partial charge is 0.164 e. The lowest BCUT2D eigenvalue weighted by Gasteiger charge is -2.15. The lowest BCUT2D eigenvalue weighted by molar-refractivity contribution is -0.133. The number of ketones is 1. The molecule has 0 saturated heterocycles. The number of ether oxygens (including phenoxy) is 1. The zero-order valence-corrected chi connectivity index (χ0v) is 19.4. The summed E-state index contributed by atoms with van der Waals surface area (Å²) in [5, 5.41) is 0. The van der Waals surface area contributed by atoms with Gasteiger partial charge in [-0.1, -0.05) is 117 Å². The Hall–Kier alpha value is -0.370. The number of hydrogen-bond acceptors (Lipinski definition) is 2. The van der Waals surface area contributed by atoms with Crippen LogP contribution in [-0.4, -0.2) is 18.0 Å². The van der Waals surface area contributed by atoms with E-state index in [1.165, 1.54) is 103 Å². The maximum absolute atomic E-state index is 12.5. The third-order valence-corrected chi connectivity index (χ3v) is 6.35. The highest BCUT2D eigenvalue weighted by Gasteiger charge is 2.49. The molecule has 2 heteroatoms. The first-order chi connectivity index (χ1) is 13.7. The average Bonchev–Trinajstić information content (AvgIpc) is 3.49. The number of Topliss-reactive ketones (excluding diaryl/α,β-unsaturated/α-hetero) is 1. The van der Waals surface area contributed by atoms with E-state index in [1.807, 2.05) is 0 Å². The average molecular weight is 395 g/mol. The van der Waals surface area contributed by atoms with Crippen molar-refractivity contribution >= 4 is 5.78 Å². The summed E-state index contributed by atoms with van der Waals surface area (Å²) in [6.07, 6.45) is 26.5. The summed E-state index contributed by atoms with van der Waals surface area (Å²) in [7, 11) is 0. The van der Waals surface area contributed by atoms with Gasteiger partial charge in [0.05, 0.1) is 0 Å². The molecule has 0 amide bonds. The minimum Gasteiger partial charge on any atom is -0.367 e. The summed E-state index contributed by atoms with van der Waals surface area (Å²) < 4.78 is 6.05. The highest BCUT2D eigenvalue weighted by atomic mass is 16.5. The third kappa shape index (κ3) is 13.0. The first-order valence-corrected chi connectivity index (χ1v) is 12.9. The molecule has 0 spiro atoms. The predicted molar refractivity (Wildman–Crippen MR) is 122 cm³/mol. The molecular formula is C26H50O2. The Morgan fingerprint density at radius 3 is 1.43 bits per heavy atom. The number of rotatable bonds is 22. The van der Waals surface area contributed by atoms with Crippen LogP contribution in [0.25, 0.3) is 0 Å². The lowest BCUT2D eigenvalue weighted by atomic mass is 10.0. The Morgan fingerprint density at radius 2 is 1.00 bits per heavy atom. The van der Waals surface area contributed by atoms with Gasteiger partial charge in [-0.25, -0.2) is 0 Å². The fourth-order valence-electron chi connectivity index (χ4n) is 4.12. The molecule has 28 heavy (non-hydrogen) atoms. The zero-order valence-electron chi connectivity index (χ0n) is 19.4. The highest BCUT2D eigenvalue weighted by molar-refractivity contribution is 5.90. The molecule has 166 valence electrons. The maximum atomic E-state index is 12.5. The molecule has 0 unspecified atom stereocenters. The van der Waals surface area contributed by atoms with Gasteiger partial charge < -0.3 is 4.74 Å². The van der Waals surface area contributed by atoms with Crippen LogP contribution in [0.2, 0.25) is 0 Å². The van der Waals surface area contributed by atoms with Crippen LogP contribution in [0, 0.1) is 0 Å². The van der Waals surface area contributed by atoms with Gasteiger partial charge >= 0.3 is 0 Å². The second-order valence-corrected chi connectivity index (χ2v) is 9.17. The molecule has 0 heterocycles. The Morgan fingerprint density at radius 1 is 0.607 bits per heavy atom. The summed E-state index contributed by atoms with van der Waals surface area (Å²) in [4.78, 5) is 12.5. The zero-order chi connectivity index (χ0) is 20.3. The van der Waals surface area contributed by atoms with E-state index < -0.39 is 0 Å². The summed E-state index contributed by atoms with van der Waals surface area (Å²) in [5.74, 6) is 0.394. The monoisotopic (exact) mass is 394 g/mol. The van der Waals surface area contributed by atoms with Gasteiger partial charge in [-0.15, -0.1) is 0 Å². The van der Waals surface area contributed by atoms with Gasteiger partial charge in [-0.3, -0.25) is 4.79 Å². The molecule has 1 fully saturated rings. The SMILES string of the molecule is CCCCCCCCCCCCOC1(C(=O)CCCCCCCCCC)CC1. The lowest BCUT2D eigenvalue weighted by Crippen LogP contribution is -2.26. The van der Waals surface area contributed by atoms with Crippen molar-refractivity contribution in [2.75, 3.05) is 6.61 Å². The van der Waals surface area contributed by atoms with E-state index >= 15 is 0 Å². The Balaban J connectivity index is 1.89. The normalized spacial score (nSPS) is 15.1. The molecule has 1 aliphatic carbocycles. The second-order valence-electron chi connectivity index (χ2n) is 9.17. The summed E-state index contributed by atoms with van der Waals surface area (Å²) in [5.41, 5.74) is -0.347. The van der Waals surface area contributed by atoms with Gasteiger partial charge in [0, 0.05) is 13.0 Å². The summed E-state index contributed by atoms with van der Waals surface area (Å²) in [6.45, 7) is 5.33. The molecule has 0 aromatic carbocycles. The van der Waals surface area contributed by atoms with Crippen LogP contribution >= 0.6 is 0 Å². The van der Waals surface area contributed by atoms with E-state index in [9.17, 15) is 4.79 Å². The van der Waals surface area contributed by atoms with E-state index in [1.54, 1.807) is 0 Å². The molecule has 1 aliphatic rings. The van der Waals surface area contributed by atoms with Gasteiger partial charge in [-0.05, 0) is 25.7 Å². The molecule has 1 saturated carbocycles. The molecule has 0 aliphatic heterocycles. The van der Waals surface area contributed by atoms with Crippen LogP contribution in [0.5, 0.6) is 0 Å². The van der Waals surface area contributed by atoms with Crippen molar-refractivity contribution in [1.29, 1.82) is 0 Å². The molecule has 0 bridgehead atoms. The Kier molecular flexibility index (Phi) is 16.0. The minimum atomic E-state index is -0.347. The Labute approximate surface area is 176 Å². The van der Waals surface area contributed by atoms with Crippen LogP contribution in [0.3, 0.4) is 0 Å². The van der Waals surface area contributed by atoms with Crippen LogP contribution in [0.4, 0.5) is 0 Å². The van der Waals surface area contributed by atoms with Crippen molar-refractivity contribution in [1.82, 2.24) is 0 Å². The van der Waals surface area contributed by atoms with Gasteiger partial charge in [0.25, 0.3) is 0 Å². The van der Waals surface area contributed by atoms with Crippen LogP contribution in [0.15, 0.2) is 0 Å². The molecule has 0 radical (unpaired) electrons. The van der Waals surface area contributed by atoms with Gasteiger partial charge in [0.2, 0.25) is 0 Å². The summed E-state index contributed by atoms with van der Waals surface area (Å²) in [6, 6.07) is 0. The van der Waals surface area contributed by atoms with Crippen molar-refractivity contribution in [3.8, 4) is 0 Å². The number of carbonyl (C=O) groups is 1. The van der Waals surface area contributed by atoms with Gasteiger partial charge in [0.15, 0.2) is 5.78 Å². The van der Waals surface area contributed by atoms with Crippen LogP contribution < -0.4 is 0 Å². The molecular weight excluding hydrogens is 344 g/mol. The van der Waals surface area contributed by atoms with Crippen LogP contribution in [0.1, 0.15) is 149 Å². The molecule has 0 aromatic heterocycles. The molecule has 2 nitrogen and oxygen atoms in total. The minimum absolute atomic E-state index is 0.347. The fraction of sp³-hybridized carbons (Fsp3) is 0.962. The quantitative estimate of drug-likeness (QED) is 0.172. The number of unbranched alkanes of at least 4 members (excludes halogenated alkanes) is 16. The molecule has 0 N–H and O–H groups in total. The van der Waals surface area contributed by atoms with Crippen LogP contribution in [-0.2, 0) is 9.53 Å². The van der Waals surface area contributed by atoms with Gasteiger partial charge in [0.1, 0.15) is 5.60 Å². The standard InChI is InChI=1S/C26H50O2/c1-3-5-7-9-11-13-14-16-18-20-24-28-26(22-23-26)25(27)21-19-17-15-12-10-8-6-4-2/h3-24H2,1-2H3. The number of carbonyl (C=O) groups excluding carboxylic acids is 1. The van der Waals surface area contributed by atoms with Crippen molar-refractivity contribution in [3.05, 3.63) is 0 Å². The van der Waals surface area contributed by atoms with E-state index in [0.717, 1.165) is 38.7 Å². The topological polar surface area (TPSA) is 26.3 Å². The molecule has 0 aromatic rings. The fourth-order valence-corrected chi connectivity index (χ4v) is 4.12. The van der Waals surface area contributed by atoms with Crippen molar-refractivity contribution in [3.63, 3.8) is 0 Å². The molecule has 0 atom stereocenters. The highest BCUT2D eigenvalue weighted by Crippen LogP contribution is 2.42. The van der Waals surface area contributed by atoms with E-state index in [2.05, 4.69) is 13.8 Å². The maximum Gasteiger partial charge on any atom is 0.164 e. The van der Waals surface area contributed by atoms with E-state index in [0.29, 0.717) is 5.78 Å². The largest absolute Gasteiger partial charge is 0.367 e. The predicted octanol–water partition coefficient (Wildman–Crippen LogP) is 8.56. The van der Waals surface area contributed by atoms with Gasteiger partial charge in [-0.2, -0.15) is 0 Å². The first-order valence-electron chi connectivity index (χ1n) is 12.9.